The molecule has 0 radical (unpaired) electrons. The van der Waals surface area contributed by atoms with Gasteiger partial charge in [0.05, 0.1) is 6.61 Å². The van der Waals surface area contributed by atoms with Crippen molar-refractivity contribution in [1.29, 1.82) is 0 Å². The van der Waals surface area contributed by atoms with Gasteiger partial charge >= 0.3 is 0 Å². The molecule has 0 aromatic rings. The summed E-state index contributed by atoms with van der Waals surface area (Å²) in [5, 5.41) is 13.6. The van der Waals surface area contributed by atoms with Gasteiger partial charge in [0.25, 0.3) is 0 Å². The first-order chi connectivity index (χ1) is 10.1. The van der Waals surface area contributed by atoms with Crippen molar-refractivity contribution < 1.29 is 5.11 Å². The van der Waals surface area contributed by atoms with Crippen LogP contribution in [0.1, 0.15) is 79.1 Å². The maximum absolute atomic E-state index is 9.96. The summed E-state index contributed by atoms with van der Waals surface area (Å²) in [6, 6.07) is 1.09. The molecule has 21 heavy (non-hydrogen) atoms. The highest BCUT2D eigenvalue weighted by Gasteiger charge is 2.37. The van der Waals surface area contributed by atoms with Crippen LogP contribution in [0.3, 0.4) is 0 Å². The zero-order valence-corrected chi connectivity index (χ0v) is 14.8. The van der Waals surface area contributed by atoms with Gasteiger partial charge in [-0.25, -0.2) is 0 Å². The third kappa shape index (κ3) is 6.25. The molecule has 1 fully saturated rings. The summed E-state index contributed by atoms with van der Waals surface area (Å²) >= 11 is 0. The van der Waals surface area contributed by atoms with Gasteiger partial charge in [-0.15, -0.1) is 0 Å². The van der Waals surface area contributed by atoms with Crippen LogP contribution in [0.2, 0.25) is 0 Å². The van der Waals surface area contributed by atoms with E-state index in [9.17, 15) is 5.11 Å². The fourth-order valence-corrected chi connectivity index (χ4v) is 3.77. The Morgan fingerprint density at radius 1 is 1.19 bits per heavy atom. The van der Waals surface area contributed by atoms with Gasteiger partial charge in [0.2, 0.25) is 0 Å². The first kappa shape index (κ1) is 18.9. The van der Waals surface area contributed by atoms with Crippen molar-refractivity contribution in [1.82, 2.24) is 10.2 Å². The lowest BCUT2D eigenvalue weighted by molar-refractivity contribution is 0.0528. The van der Waals surface area contributed by atoms with Crippen LogP contribution in [0.4, 0.5) is 0 Å². The Balaban J connectivity index is 2.68. The van der Waals surface area contributed by atoms with Gasteiger partial charge in [0, 0.05) is 17.6 Å². The Labute approximate surface area is 132 Å². The highest BCUT2D eigenvalue weighted by atomic mass is 16.3. The van der Waals surface area contributed by atoms with E-state index in [-0.39, 0.29) is 12.1 Å². The van der Waals surface area contributed by atoms with Gasteiger partial charge in [-0.1, -0.05) is 40.5 Å². The summed E-state index contributed by atoms with van der Waals surface area (Å²) in [4.78, 5) is 2.71. The molecule has 1 rings (SSSR count). The summed E-state index contributed by atoms with van der Waals surface area (Å²) in [6.45, 7) is 11.7. The van der Waals surface area contributed by atoms with Crippen LogP contribution in [0.25, 0.3) is 0 Å². The number of hydrogen-bond acceptors (Lipinski definition) is 3. The monoisotopic (exact) mass is 298 g/mol. The minimum atomic E-state index is -0.0479. The molecule has 126 valence electrons. The lowest BCUT2D eigenvalue weighted by atomic mass is 9.78. The minimum Gasteiger partial charge on any atom is -0.394 e. The van der Waals surface area contributed by atoms with Crippen molar-refractivity contribution in [2.24, 2.45) is 0 Å². The molecule has 2 unspecified atom stereocenters. The van der Waals surface area contributed by atoms with E-state index in [0.717, 1.165) is 12.8 Å². The van der Waals surface area contributed by atoms with Crippen LogP contribution in [0.15, 0.2) is 0 Å². The van der Waals surface area contributed by atoms with Crippen LogP contribution in [-0.2, 0) is 0 Å². The second kappa shape index (κ2) is 9.81. The fourth-order valence-electron chi connectivity index (χ4n) is 3.77. The molecule has 0 aromatic heterocycles. The summed E-state index contributed by atoms with van der Waals surface area (Å²) in [5.41, 5.74) is -0.0479. The number of aliphatic hydroxyl groups excluding tert-OH is 1. The zero-order chi connectivity index (χ0) is 15.7. The maximum atomic E-state index is 9.96. The van der Waals surface area contributed by atoms with Gasteiger partial charge in [-0.05, 0) is 51.6 Å². The first-order valence-electron chi connectivity index (χ1n) is 9.19. The summed E-state index contributed by atoms with van der Waals surface area (Å²) in [7, 11) is 0. The molecular formula is C18H38N2O. The van der Waals surface area contributed by atoms with E-state index < -0.39 is 0 Å². The van der Waals surface area contributed by atoms with E-state index in [1.807, 2.05) is 0 Å². The van der Waals surface area contributed by atoms with Gasteiger partial charge < -0.3 is 15.3 Å². The largest absolute Gasteiger partial charge is 0.394 e. The Hall–Kier alpha value is -0.120. The van der Waals surface area contributed by atoms with E-state index in [2.05, 4.69) is 37.9 Å². The van der Waals surface area contributed by atoms with Crippen LogP contribution >= 0.6 is 0 Å². The van der Waals surface area contributed by atoms with Crippen LogP contribution < -0.4 is 5.32 Å². The lowest BCUT2D eigenvalue weighted by Gasteiger charge is -2.45. The lowest BCUT2D eigenvalue weighted by Crippen LogP contribution is -2.57. The average Bonchev–Trinajstić information content (AvgIpc) is 2.47. The average molecular weight is 299 g/mol. The summed E-state index contributed by atoms with van der Waals surface area (Å²) in [5.74, 6) is 0. The molecule has 1 aliphatic carbocycles. The summed E-state index contributed by atoms with van der Waals surface area (Å²) < 4.78 is 0. The predicted octanol–water partition coefficient (Wildman–Crippen LogP) is 3.56. The molecule has 0 heterocycles. The predicted molar refractivity (Wildman–Crippen MR) is 91.7 cm³/mol. The first-order valence-corrected chi connectivity index (χ1v) is 9.19. The molecule has 0 aromatic carbocycles. The Morgan fingerprint density at radius 3 is 2.29 bits per heavy atom. The van der Waals surface area contributed by atoms with Crippen LogP contribution in [0, 0.1) is 0 Å². The normalized spacial score (nSPS) is 26.7. The zero-order valence-electron chi connectivity index (χ0n) is 14.8. The Kier molecular flexibility index (Phi) is 8.84. The maximum Gasteiger partial charge on any atom is 0.0613 e. The quantitative estimate of drug-likeness (QED) is 0.647. The molecule has 0 aliphatic heterocycles. The number of nitrogens with one attached hydrogen (secondary N) is 1. The van der Waals surface area contributed by atoms with E-state index in [1.54, 1.807) is 0 Å². The molecule has 2 N–H and O–H groups in total. The molecule has 0 saturated heterocycles. The smallest absolute Gasteiger partial charge is 0.0613 e. The van der Waals surface area contributed by atoms with E-state index in [4.69, 9.17) is 0 Å². The third-order valence-electron chi connectivity index (χ3n) is 4.83. The van der Waals surface area contributed by atoms with E-state index in [0.29, 0.717) is 12.1 Å². The van der Waals surface area contributed by atoms with Crippen molar-refractivity contribution in [3.63, 3.8) is 0 Å². The topological polar surface area (TPSA) is 35.5 Å². The van der Waals surface area contributed by atoms with Crippen LogP contribution in [0.5, 0.6) is 0 Å². The van der Waals surface area contributed by atoms with Crippen molar-refractivity contribution in [2.75, 3.05) is 19.7 Å². The second-order valence-electron chi connectivity index (χ2n) is 7.23. The highest BCUT2D eigenvalue weighted by molar-refractivity contribution is 4.97. The van der Waals surface area contributed by atoms with E-state index >= 15 is 0 Å². The highest BCUT2D eigenvalue weighted by Crippen LogP contribution is 2.32. The molecule has 0 spiro atoms. The van der Waals surface area contributed by atoms with Crippen LogP contribution in [-0.4, -0.2) is 47.3 Å². The molecule has 1 aliphatic rings. The third-order valence-corrected chi connectivity index (χ3v) is 4.83. The fraction of sp³-hybridized carbons (Fsp3) is 1.00. The van der Waals surface area contributed by atoms with Gasteiger partial charge in [0.1, 0.15) is 0 Å². The number of aliphatic hydroxyl groups is 1. The molecule has 2 atom stereocenters. The number of unbranched alkanes of at least 4 members (excludes halogenated alkanes) is 2. The Bertz CT molecular complexity index is 262. The van der Waals surface area contributed by atoms with Gasteiger partial charge in [-0.2, -0.15) is 0 Å². The van der Waals surface area contributed by atoms with Crippen molar-refractivity contribution in [2.45, 2.75) is 96.7 Å². The molecule has 1 saturated carbocycles. The minimum absolute atomic E-state index is 0.0479. The van der Waals surface area contributed by atoms with Crippen molar-refractivity contribution in [3.8, 4) is 0 Å². The molecule has 3 heteroatoms. The summed E-state index contributed by atoms with van der Waals surface area (Å²) in [6.07, 6.45) is 9.89. The standard InChI is InChI=1S/C18H38N2O/c1-5-7-12-20(13-8-6-2)17-10-9-11-18(14-17,15-21)19-16(3)4/h16-17,19,21H,5-15H2,1-4H3. The van der Waals surface area contributed by atoms with E-state index in [1.165, 1.54) is 51.6 Å². The molecule has 0 amide bonds. The van der Waals surface area contributed by atoms with Gasteiger partial charge in [-0.3, -0.25) is 0 Å². The van der Waals surface area contributed by atoms with Crippen molar-refractivity contribution >= 4 is 0 Å². The number of hydrogen-bond donors (Lipinski definition) is 2. The van der Waals surface area contributed by atoms with Crippen molar-refractivity contribution in [3.05, 3.63) is 0 Å². The molecule has 3 nitrogen and oxygen atoms in total. The number of nitrogens with zero attached hydrogens (tertiary/aromatic N) is 1. The number of rotatable bonds is 10. The second-order valence-corrected chi connectivity index (χ2v) is 7.23. The molecule has 0 bridgehead atoms. The van der Waals surface area contributed by atoms with Gasteiger partial charge in [0.15, 0.2) is 0 Å². The molecular weight excluding hydrogens is 260 g/mol. The Morgan fingerprint density at radius 2 is 1.81 bits per heavy atom. The SMILES string of the molecule is CCCCN(CCCC)C1CCCC(CO)(NC(C)C)C1.